The van der Waals surface area contributed by atoms with E-state index in [1.165, 1.54) is 0 Å². The Hall–Kier alpha value is -5.71. The first-order valence-corrected chi connectivity index (χ1v) is 15.8. The van der Waals surface area contributed by atoms with E-state index < -0.39 is 25.1 Å². The Morgan fingerprint density at radius 2 is 1.31 bits per heavy atom. The van der Waals surface area contributed by atoms with E-state index in [9.17, 15) is 24.3 Å². The van der Waals surface area contributed by atoms with E-state index in [0.29, 0.717) is 16.9 Å². The predicted molar refractivity (Wildman–Crippen MR) is 177 cm³/mol. The number of terminal acetylenes is 1. The number of anilines is 2. The van der Waals surface area contributed by atoms with Gasteiger partial charge in [0.15, 0.2) is 0 Å². The molecule has 0 aliphatic carbocycles. The number of amides is 3. The van der Waals surface area contributed by atoms with E-state index >= 15 is 0 Å². The standard InChI is InChI=1S/C35H31N4O5P/c1-3-10-31(39-32(41)23-40)35(44)38-27-19-17-26(18-20-27)37-33(42)24-45(28-11-6-4-7-12-28,29-13-8-5-9-14-29)30-21-15-25(16-22-30)34(43)36-2/h1,4-9,11-24,31H,10H2,2H3,(H4-,36,37,38,39,40,41,42,43,44)/b33-24-/t31-/m0/s1. The van der Waals surface area contributed by atoms with Crippen molar-refractivity contribution in [3.05, 3.63) is 126 Å². The van der Waals surface area contributed by atoms with Crippen molar-refractivity contribution in [2.45, 2.75) is 12.5 Å². The highest BCUT2D eigenvalue weighted by Crippen LogP contribution is 2.57. The maximum atomic E-state index is 13.8. The van der Waals surface area contributed by atoms with Crippen molar-refractivity contribution in [1.29, 1.82) is 0 Å². The Labute approximate surface area is 262 Å². The monoisotopic (exact) mass is 618 g/mol. The van der Waals surface area contributed by atoms with Crippen molar-refractivity contribution in [1.82, 2.24) is 10.6 Å². The lowest BCUT2D eigenvalue weighted by Gasteiger charge is -2.27. The first-order valence-electron chi connectivity index (χ1n) is 13.9. The lowest BCUT2D eigenvalue weighted by Crippen LogP contribution is -2.44. The molecule has 0 heterocycles. The second-order valence-electron chi connectivity index (χ2n) is 9.79. The maximum absolute atomic E-state index is 13.8. The van der Waals surface area contributed by atoms with Crippen LogP contribution in [-0.2, 0) is 14.4 Å². The van der Waals surface area contributed by atoms with Gasteiger partial charge in [-0.1, -0.05) is 36.4 Å². The average molecular weight is 619 g/mol. The molecule has 4 rings (SSSR count). The Morgan fingerprint density at radius 3 is 1.80 bits per heavy atom. The summed E-state index contributed by atoms with van der Waals surface area (Å²) in [4.78, 5) is 47.0. The third-order valence-electron chi connectivity index (χ3n) is 6.88. The van der Waals surface area contributed by atoms with Gasteiger partial charge in [0.05, 0.1) is 5.82 Å². The van der Waals surface area contributed by atoms with Gasteiger partial charge in [-0.3, -0.25) is 19.2 Å². The fraction of sp³-hybridized carbons (Fsp3) is 0.0857. The second kappa shape index (κ2) is 15.1. The third-order valence-corrected chi connectivity index (χ3v) is 10.8. The molecule has 1 atom stereocenters. The zero-order chi connectivity index (χ0) is 32.2. The van der Waals surface area contributed by atoms with E-state index in [4.69, 9.17) is 6.42 Å². The minimum Gasteiger partial charge on any atom is -0.858 e. The molecule has 0 radical (unpaired) electrons. The SMILES string of the molecule is C#CC[C@H](NC(=O)C=O)C(=O)Nc1ccc(N/C([O-])=C/[P+](c2ccccc2)(c2ccccc2)c2ccc(C(=O)NC)cc2)cc1. The molecule has 0 bridgehead atoms. The molecule has 0 aliphatic heterocycles. The fourth-order valence-corrected chi connectivity index (χ4v) is 8.40. The number of carbonyl (C=O) groups excluding carboxylic acids is 4. The number of hydrogen-bond donors (Lipinski definition) is 4. The van der Waals surface area contributed by atoms with Crippen molar-refractivity contribution in [2.24, 2.45) is 0 Å². The molecule has 4 aromatic carbocycles. The number of carbonyl (C=O) groups is 4. The highest BCUT2D eigenvalue weighted by atomic mass is 31.2. The molecule has 4 N–H and O–H groups in total. The zero-order valence-corrected chi connectivity index (χ0v) is 25.3. The lowest BCUT2D eigenvalue weighted by atomic mass is 10.2. The number of aldehydes is 1. The molecule has 9 nitrogen and oxygen atoms in total. The van der Waals surface area contributed by atoms with Gasteiger partial charge in [0.25, 0.3) is 11.8 Å². The average Bonchev–Trinajstić information content (AvgIpc) is 3.08. The van der Waals surface area contributed by atoms with Crippen LogP contribution in [0.4, 0.5) is 11.4 Å². The second-order valence-corrected chi connectivity index (χ2v) is 13.0. The summed E-state index contributed by atoms with van der Waals surface area (Å²) in [7, 11) is -1.09. The first-order chi connectivity index (χ1) is 21.8. The highest BCUT2D eigenvalue weighted by molar-refractivity contribution is 7.98. The van der Waals surface area contributed by atoms with Gasteiger partial charge in [-0.25, -0.2) is 0 Å². The summed E-state index contributed by atoms with van der Waals surface area (Å²) in [5.41, 5.74) is 1.39. The first kappa shape index (κ1) is 32.2. The van der Waals surface area contributed by atoms with Gasteiger partial charge in [0, 0.05) is 30.4 Å². The highest BCUT2D eigenvalue weighted by Gasteiger charge is 2.43. The van der Waals surface area contributed by atoms with Crippen molar-refractivity contribution in [2.75, 3.05) is 17.7 Å². The summed E-state index contributed by atoms with van der Waals surface area (Å²) in [6, 6.07) is 32.2. The van der Waals surface area contributed by atoms with Gasteiger partial charge < -0.3 is 26.4 Å². The lowest BCUT2D eigenvalue weighted by molar-refractivity contribution is -0.299. The van der Waals surface area contributed by atoms with E-state index in [-0.39, 0.29) is 24.5 Å². The van der Waals surface area contributed by atoms with Gasteiger partial charge in [-0.15, -0.1) is 12.3 Å². The molecule has 10 heteroatoms. The van der Waals surface area contributed by atoms with Crippen molar-refractivity contribution in [3.63, 3.8) is 0 Å². The van der Waals surface area contributed by atoms with Crippen LogP contribution in [0.3, 0.4) is 0 Å². The Bertz CT molecular complexity index is 1680. The Kier molecular flexibility index (Phi) is 10.8. The summed E-state index contributed by atoms with van der Waals surface area (Å²) in [6.07, 6.45) is 5.26. The molecule has 226 valence electrons. The Balaban J connectivity index is 1.67. The predicted octanol–water partition coefficient (Wildman–Crippen LogP) is 2.26. The molecule has 4 aromatic rings. The van der Waals surface area contributed by atoms with Crippen molar-refractivity contribution < 1.29 is 24.3 Å². The maximum Gasteiger partial charge on any atom is 0.284 e. The van der Waals surface area contributed by atoms with Gasteiger partial charge in [-0.2, -0.15) is 0 Å². The van der Waals surface area contributed by atoms with Crippen molar-refractivity contribution >= 4 is 58.6 Å². The van der Waals surface area contributed by atoms with Gasteiger partial charge in [0.1, 0.15) is 29.2 Å². The topological polar surface area (TPSA) is 139 Å². The number of rotatable bonds is 12. The number of hydrogen-bond acceptors (Lipinski definition) is 6. The quantitative estimate of drug-likeness (QED) is 0.0632. The van der Waals surface area contributed by atoms with Crippen LogP contribution in [0.5, 0.6) is 0 Å². The molecular formula is C35H31N4O5P. The Morgan fingerprint density at radius 1 is 0.800 bits per heavy atom. The summed E-state index contributed by atoms with van der Waals surface area (Å²) >= 11 is 0. The van der Waals surface area contributed by atoms with Crippen LogP contribution in [0.1, 0.15) is 16.8 Å². The molecular weight excluding hydrogens is 587 g/mol. The zero-order valence-electron chi connectivity index (χ0n) is 24.4. The summed E-state index contributed by atoms with van der Waals surface area (Å²) in [5.74, 6) is 1.94. The van der Waals surface area contributed by atoms with Crippen LogP contribution in [0.15, 0.2) is 121 Å². The van der Waals surface area contributed by atoms with Crippen LogP contribution in [0.25, 0.3) is 0 Å². The number of nitrogens with one attached hydrogen (secondary N) is 4. The molecule has 0 unspecified atom stereocenters. The van der Waals surface area contributed by atoms with Crippen LogP contribution < -0.4 is 42.3 Å². The fourth-order valence-electron chi connectivity index (χ4n) is 4.74. The normalized spacial score (nSPS) is 11.8. The minimum atomic E-state index is -2.67. The van der Waals surface area contributed by atoms with E-state index in [1.54, 1.807) is 49.3 Å². The van der Waals surface area contributed by atoms with Crippen LogP contribution in [0, 0.1) is 12.3 Å². The van der Waals surface area contributed by atoms with Crippen LogP contribution in [-0.4, -0.2) is 37.1 Å². The van der Waals surface area contributed by atoms with Crippen LogP contribution in [0.2, 0.25) is 0 Å². The molecule has 0 spiro atoms. The molecule has 0 saturated heterocycles. The minimum absolute atomic E-state index is 0.0672. The molecule has 0 fully saturated rings. The largest absolute Gasteiger partial charge is 0.858 e. The van der Waals surface area contributed by atoms with E-state index in [0.717, 1.165) is 15.9 Å². The van der Waals surface area contributed by atoms with E-state index in [2.05, 4.69) is 27.2 Å². The molecule has 45 heavy (non-hydrogen) atoms. The van der Waals surface area contributed by atoms with Gasteiger partial charge >= 0.3 is 0 Å². The summed E-state index contributed by atoms with van der Waals surface area (Å²) in [5, 5.41) is 27.1. The van der Waals surface area contributed by atoms with Gasteiger partial charge in [0.2, 0.25) is 12.2 Å². The third kappa shape index (κ3) is 7.82. The van der Waals surface area contributed by atoms with Gasteiger partial charge in [-0.05, 0) is 78.7 Å². The smallest absolute Gasteiger partial charge is 0.284 e. The number of benzene rings is 4. The van der Waals surface area contributed by atoms with Crippen LogP contribution >= 0.6 is 7.26 Å². The molecule has 0 aromatic heterocycles. The summed E-state index contributed by atoms with van der Waals surface area (Å²) in [6.45, 7) is 0. The molecule has 0 aliphatic rings. The summed E-state index contributed by atoms with van der Waals surface area (Å²) < 4.78 is 0. The van der Waals surface area contributed by atoms with Crippen molar-refractivity contribution in [3.8, 4) is 12.3 Å². The van der Waals surface area contributed by atoms with E-state index in [1.807, 2.05) is 72.8 Å². The molecule has 0 saturated carbocycles. The molecule has 3 amide bonds.